The van der Waals surface area contributed by atoms with Gasteiger partial charge in [0.05, 0.1) is 76.5 Å². The first-order valence-electron chi connectivity index (χ1n) is 32.2. The standard InChI is InChI=1S/C54H36BN3OS/c1-54(2,3)33-28-44-49-45(29-33)58-42-20-11-17-37-35-15-7-9-19-41(35)57(50(37)42)43-21-12-18-40(52(43)58)55(49)53-51(39-27-32(23-25-46(39)59-53)31-13-5-4-6-14-31)56(44)34-24-26-48-38(30-34)36-16-8-10-22-47(36)60-48/h4-30H,1-3H3/i4D,5D,6D,7D,8D,9D,10D,11D,12D,13D,14D,15D,16D,17D,18D,19D,20D,21D,22D,23D,24D,25D,26D,27D,28D,29D,30D. The largest absolute Gasteiger partial charge is 0.468 e. The Balaban J connectivity index is 1.28. The minimum Gasteiger partial charge on any atom is -0.468 e. The normalized spacial score (nSPS) is 20.1. The number of para-hydroxylation sites is 3. The maximum atomic E-state index is 10.6. The third kappa shape index (κ3) is 4.16. The van der Waals surface area contributed by atoms with Gasteiger partial charge in [0.1, 0.15) is 5.58 Å². The zero-order valence-electron chi connectivity index (χ0n) is 58.2. The van der Waals surface area contributed by atoms with Gasteiger partial charge in [-0.3, -0.25) is 0 Å². The van der Waals surface area contributed by atoms with Crippen molar-refractivity contribution in [3.8, 4) is 16.8 Å². The zero-order chi connectivity index (χ0) is 63.1. The summed E-state index contributed by atoms with van der Waals surface area (Å²) in [4.78, 5) is 2.31. The molecule has 6 heterocycles. The SMILES string of the molecule is [2H]c1c([2H])c([2H])c(-c2c([2H])c([2H])c3oc4c(c3c2[2H])N(c2c([2H])c([2H])c3sc5c([2H])c([2H])c([2H])c([2H])c5c3c2[2H])c2c([2H])c(C(C)(C)C)c([2H])c3c2B4c2c([2H])c([2H])c([2H])c4c2N3c2c([2H])c([2H])c([2H])c3c5c([2H])c([2H])c([2H])c([2H])c5n-4c23)c([2H])c1[2H]. The van der Waals surface area contributed by atoms with E-state index in [9.17, 15) is 21.9 Å². The van der Waals surface area contributed by atoms with Crippen LogP contribution in [0.2, 0.25) is 0 Å². The van der Waals surface area contributed by atoms with Crippen molar-refractivity contribution in [1.29, 1.82) is 0 Å². The number of furan rings is 1. The molecule has 0 amide bonds. The monoisotopic (exact) mass is 812 g/mol. The number of rotatable bonds is 2. The highest BCUT2D eigenvalue weighted by Gasteiger charge is 2.49. The van der Waals surface area contributed by atoms with Crippen molar-refractivity contribution in [3.05, 3.63) is 169 Å². The predicted molar refractivity (Wildman–Crippen MR) is 255 cm³/mol. The van der Waals surface area contributed by atoms with Gasteiger partial charge in [-0.15, -0.1) is 11.3 Å². The van der Waals surface area contributed by atoms with Crippen LogP contribution in [0.5, 0.6) is 0 Å². The lowest BCUT2D eigenvalue weighted by Crippen LogP contribution is -2.61. The molecule has 0 N–H and O–H groups in total. The molecule has 0 saturated carbocycles. The van der Waals surface area contributed by atoms with Gasteiger partial charge in [0.15, 0.2) is 0 Å². The molecule has 0 bridgehead atoms. The van der Waals surface area contributed by atoms with Crippen LogP contribution in [0.3, 0.4) is 0 Å². The van der Waals surface area contributed by atoms with E-state index in [0.717, 1.165) is 4.90 Å². The van der Waals surface area contributed by atoms with E-state index in [0.29, 0.717) is 11.3 Å². The molecule has 0 fully saturated rings. The third-order valence-electron chi connectivity index (χ3n) is 11.3. The summed E-state index contributed by atoms with van der Waals surface area (Å²) in [6.45, 7) is 3.10. The molecule has 0 spiro atoms. The fourth-order valence-electron chi connectivity index (χ4n) is 8.78. The Morgan fingerprint density at radius 3 is 2.15 bits per heavy atom. The fourth-order valence-corrected chi connectivity index (χ4v) is 9.69. The summed E-state index contributed by atoms with van der Waals surface area (Å²) < 4.78 is 262. The van der Waals surface area contributed by atoms with Crippen molar-refractivity contribution >= 4 is 122 Å². The number of thiophene rings is 1. The minimum absolute atomic E-state index is 0.0934. The molecule has 3 aromatic heterocycles. The maximum Gasteiger partial charge on any atom is 0.297 e. The fraction of sp³-hybridized carbons (Fsp3) is 0.0741. The molecule has 4 nitrogen and oxygen atoms in total. The quantitative estimate of drug-likeness (QED) is 0.163. The van der Waals surface area contributed by atoms with Crippen molar-refractivity contribution in [1.82, 2.24) is 4.57 Å². The van der Waals surface area contributed by atoms with Crippen LogP contribution in [-0.4, -0.2) is 11.3 Å². The van der Waals surface area contributed by atoms with Crippen LogP contribution in [0, 0.1) is 0 Å². The molecule has 14 rings (SSSR count). The van der Waals surface area contributed by atoms with Gasteiger partial charge in [-0.1, -0.05) is 117 Å². The Kier molecular flexibility index (Phi) is 3.14. The Labute approximate surface area is 389 Å². The van der Waals surface area contributed by atoms with Crippen LogP contribution >= 0.6 is 11.3 Å². The summed E-state index contributed by atoms with van der Waals surface area (Å²) in [6, 6.07) is -20.0. The van der Waals surface area contributed by atoms with Crippen LogP contribution in [0.4, 0.5) is 34.1 Å². The van der Waals surface area contributed by atoms with Gasteiger partial charge < -0.3 is 18.8 Å². The summed E-state index contributed by atoms with van der Waals surface area (Å²) in [5, 5.41) is -1.64. The van der Waals surface area contributed by atoms with Gasteiger partial charge in [0.25, 0.3) is 6.71 Å². The number of aromatic nitrogens is 1. The maximum absolute atomic E-state index is 10.6. The molecule has 0 unspecified atom stereocenters. The number of hydrogen-bond acceptors (Lipinski definition) is 4. The van der Waals surface area contributed by atoms with Crippen molar-refractivity contribution in [3.63, 3.8) is 0 Å². The lowest BCUT2D eigenvalue weighted by atomic mass is 9.35. The van der Waals surface area contributed by atoms with Gasteiger partial charge in [-0.25, -0.2) is 0 Å². The molecular formula is C54H36BN3OS. The average Bonchev–Trinajstić information content (AvgIpc) is 1.64. The number of hydrogen-bond donors (Lipinski definition) is 0. The lowest BCUT2D eigenvalue weighted by molar-refractivity contribution is 0.590. The van der Waals surface area contributed by atoms with Crippen LogP contribution in [0.25, 0.3) is 69.8 Å². The van der Waals surface area contributed by atoms with Crippen molar-refractivity contribution in [2.24, 2.45) is 0 Å². The summed E-state index contributed by atoms with van der Waals surface area (Å²) in [7, 11) is 0. The first-order chi connectivity index (χ1) is 40.7. The van der Waals surface area contributed by atoms with E-state index in [2.05, 4.69) is 0 Å². The smallest absolute Gasteiger partial charge is 0.297 e. The van der Waals surface area contributed by atoms with Gasteiger partial charge in [-0.2, -0.15) is 0 Å². The summed E-state index contributed by atoms with van der Waals surface area (Å²) in [6.07, 6.45) is 0. The van der Waals surface area contributed by atoms with Crippen molar-refractivity contribution in [2.75, 3.05) is 9.80 Å². The first kappa shape index (κ1) is 16.6. The molecule has 3 aliphatic heterocycles. The highest BCUT2D eigenvalue weighted by atomic mass is 32.1. The second-order valence-corrected chi connectivity index (χ2v) is 16.6. The number of fused-ring (bicyclic) bond motifs is 14. The Morgan fingerprint density at radius 2 is 1.28 bits per heavy atom. The molecule has 8 aromatic carbocycles. The molecule has 0 aliphatic carbocycles. The number of benzene rings is 8. The second-order valence-electron chi connectivity index (χ2n) is 15.6. The molecule has 60 heavy (non-hydrogen) atoms. The topological polar surface area (TPSA) is 24.6 Å². The lowest BCUT2D eigenvalue weighted by Gasteiger charge is -2.45. The van der Waals surface area contributed by atoms with E-state index in [1.165, 1.54) is 9.47 Å². The van der Waals surface area contributed by atoms with Crippen LogP contribution < -0.4 is 26.4 Å². The van der Waals surface area contributed by atoms with Gasteiger partial charge >= 0.3 is 0 Å². The van der Waals surface area contributed by atoms with E-state index in [-0.39, 0.29) is 81.2 Å². The third-order valence-corrected chi connectivity index (χ3v) is 12.3. The first-order valence-corrected chi connectivity index (χ1v) is 19.5. The van der Waals surface area contributed by atoms with Gasteiger partial charge in [-0.05, 0) is 99.5 Å². The molecule has 6 heteroatoms. The van der Waals surface area contributed by atoms with E-state index in [1.807, 2.05) is 0 Å². The number of nitrogens with zero attached hydrogens (tertiary/aromatic N) is 3. The van der Waals surface area contributed by atoms with Crippen molar-refractivity contribution in [2.45, 2.75) is 26.2 Å². The highest BCUT2D eigenvalue weighted by Crippen LogP contribution is 2.54. The summed E-state index contributed by atoms with van der Waals surface area (Å²) in [5.41, 5.74) is -8.04. The van der Waals surface area contributed by atoms with E-state index < -0.39 is 220 Å². The summed E-state index contributed by atoms with van der Waals surface area (Å²) >= 11 is 0.711. The summed E-state index contributed by atoms with van der Waals surface area (Å²) in [5.74, 6) is 0. The number of anilines is 6. The van der Waals surface area contributed by atoms with Gasteiger partial charge in [0.2, 0.25) is 0 Å². The Bertz CT molecular complexity index is 5250. The Morgan fingerprint density at radius 1 is 0.550 bits per heavy atom. The molecule has 282 valence electrons. The molecule has 11 aromatic rings. The van der Waals surface area contributed by atoms with Crippen LogP contribution in [0.1, 0.15) is 63.3 Å². The predicted octanol–water partition coefficient (Wildman–Crippen LogP) is 13.3. The molecule has 0 atom stereocenters. The average molecular weight is 813 g/mol. The Hall–Kier alpha value is -7.02. The van der Waals surface area contributed by atoms with E-state index in [4.69, 9.17) is 19.5 Å². The second kappa shape index (κ2) is 11.4. The van der Waals surface area contributed by atoms with Crippen LogP contribution in [0.15, 0.2) is 168 Å². The van der Waals surface area contributed by atoms with Crippen LogP contribution in [-0.2, 0) is 5.41 Å². The molecule has 0 radical (unpaired) electrons. The van der Waals surface area contributed by atoms with Gasteiger partial charge in [0, 0.05) is 53.4 Å². The molecule has 3 aliphatic rings. The highest BCUT2D eigenvalue weighted by molar-refractivity contribution is 7.25. The minimum atomic E-state index is -1.82. The van der Waals surface area contributed by atoms with E-state index >= 15 is 0 Å². The van der Waals surface area contributed by atoms with Crippen molar-refractivity contribution < 1.29 is 41.4 Å². The zero-order valence-corrected chi connectivity index (χ0v) is 32.1. The molecule has 0 saturated heterocycles. The molecular weight excluding hydrogens is 749 g/mol. The van der Waals surface area contributed by atoms with E-state index in [1.54, 1.807) is 20.8 Å².